The molecule has 92 valence electrons. The van der Waals surface area contributed by atoms with Crippen molar-refractivity contribution >= 4 is 23.7 Å². The first-order valence-corrected chi connectivity index (χ1v) is 5.12. The van der Waals surface area contributed by atoms with E-state index in [0.717, 1.165) is 0 Å². The number of amides is 1. The zero-order valence-corrected chi connectivity index (χ0v) is 9.11. The molecule has 8 nitrogen and oxygen atoms in total. The number of aliphatic imine (C=N–C) groups is 3. The molecule has 8 heteroatoms. The van der Waals surface area contributed by atoms with Crippen LogP contribution in [-0.2, 0) is 4.79 Å². The molecule has 0 spiro atoms. The molecule has 4 atom stereocenters. The van der Waals surface area contributed by atoms with E-state index < -0.39 is 30.4 Å². The lowest BCUT2D eigenvalue weighted by Crippen LogP contribution is -2.52. The van der Waals surface area contributed by atoms with Crippen LogP contribution in [0.3, 0.4) is 0 Å². The lowest BCUT2D eigenvalue weighted by atomic mass is 10.1. The maximum atomic E-state index is 11.6. The normalized spacial score (nSPS) is 30.9. The molecule has 1 unspecified atom stereocenters. The maximum Gasteiger partial charge on any atom is 0.276 e. The van der Waals surface area contributed by atoms with Crippen LogP contribution in [0.5, 0.6) is 0 Å². The zero-order chi connectivity index (χ0) is 12.6. The Labute approximate surface area is 97.0 Å². The first-order valence-electron chi connectivity index (χ1n) is 5.12. The van der Waals surface area contributed by atoms with Crippen molar-refractivity contribution in [3.8, 4) is 0 Å². The van der Waals surface area contributed by atoms with Gasteiger partial charge in [0, 0.05) is 6.21 Å². The number of nitrogens with one attached hydrogen (secondary N) is 1. The summed E-state index contributed by atoms with van der Waals surface area (Å²) in [6, 6.07) is -0.760. The predicted molar refractivity (Wildman–Crippen MR) is 61.0 cm³/mol. The van der Waals surface area contributed by atoms with Gasteiger partial charge in [0.25, 0.3) is 5.91 Å². The molecule has 0 aliphatic carbocycles. The number of aliphatic hydroxyl groups excluding tert-OH is 2. The minimum Gasteiger partial charge on any atom is -0.391 e. The van der Waals surface area contributed by atoms with E-state index in [1.807, 2.05) is 0 Å². The topological polar surface area (TPSA) is 133 Å². The Bertz CT molecular complexity index is 428. The van der Waals surface area contributed by atoms with Crippen molar-refractivity contribution in [2.24, 2.45) is 20.7 Å². The lowest BCUT2D eigenvalue weighted by Gasteiger charge is -2.25. The van der Waals surface area contributed by atoms with Crippen LogP contribution >= 0.6 is 0 Å². The molecule has 0 fully saturated rings. The van der Waals surface area contributed by atoms with Crippen LogP contribution in [0, 0.1) is 0 Å². The van der Waals surface area contributed by atoms with E-state index in [1.54, 1.807) is 0 Å². The van der Waals surface area contributed by atoms with Crippen LogP contribution in [0.25, 0.3) is 0 Å². The molecule has 2 aliphatic rings. The van der Waals surface area contributed by atoms with Gasteiger partial charge in [-0.2, -0.15) is 0 Å². The molecule has 2 heterocycles. The highest BCUT2D eigenvalue weighted by atomic mass is 16.3. The van der Waals surface area contributed by atoms with Crippen molar-refractivity contribution in [2.45, 2.75) is 31.5 Å². The summed E-state index contributed by atoms with van der Waals surface area (Å²) in [5.74, 6) is -0.336. The fourth-order valence-corrected chi connectivity index (χ4v) is 1.52. The van der Waals surface area contributed by atoms with Gasteiger partial charge in [-0.05, 0) is 6.92 Å². The molecule has 1 amide bonds. The Hall–Kier alpha value is -1.64. The Morgan fingerprint density at radius 2 is 2.18 bits per heavy atom. The Morgan fingerprint density at radius 3 is 2.82 bits per heavy atom. The van der Waals surface area contributed by atoms with Crippen LogP contribution in [0.15, 0.2) is 15.0 Å². The molecule has 2 rings (SSSR count). The zero-order valence-electron chi connectivity index (χ0n) is 9.11. The second-order valence-electron chi connectivity index (χ2n) is 3.85. The van der Waals surface area contributed by atoms with Crippen LogP contribution in [0.4, 0.5) is 0 Å². The fourth-order valence-electron chi connectivity index (χ4n) is 1.52. The summed E-state index contributed by atoms with van der Waals surface area (Å²) in [6.07, 6.45) is -1.57. The first kappa shape index (κ1) is 11.8. The van der Waals surface area contributed by atoms with Gasteiger partial charge in [-0.3, -0.25) is 15.5 Å². The number of hydrogen-bond donors (Lipinski definition) is 4. The van der Waals surface area contributed by atoms with E-state index in [0.29, 0.717) is 0 Å². The number of carbonyl (C=O) groups is 1. The Morgan fingerprint density at radius 1 is 1.47 bits per heavy atom. The van der Waals surface area contributed by atoms with E-state index >= 15 is 0 Å². The average molecular weight is 239 g/mol. The van der Waals surface area contributed by atoms with Crippen molar-refractivity contribution in [2.75, 3.05) is 0 Å². The molecular weight excluding hydrogens is 226 g/mol. The summed E-state index contributed by atoms with van der Waals surface area (Å²) in [6.45, 7) is 1.43. The second-order valence-corrected chi connectivity index (χ2v) is 3.85. The maximum absolute atomic E-state index is 11.6. The molecule has 0 aromatic rings. The third-order valence-corrected chi connectivity index (χ3v) is 2.44. The highest BCUT2D eigenvalue weighted by Crippen LogP contribution is 2.10. The van der Waals surface area contributed by atoms with Gasteiger partial charge >= 0.3 is 0 Å². The number of fused-ring (bicyclic) bond motifs is 1. The summed E-state index contributed by atoms with van der Waals surface area (Å²) in [4.78, 5) is 23.4. The first-order chi connectivity index (χ1) is 7.99. The highest BCUT2D eigenvalue weighted by molar-refractivity contribution is 6.68. The molecule has 0 aromatic carbocycles. The van der Waals surface area contributed by atoms with E-state index in [-0.39, 0.29) is 11.5 Å². The summed E-state index contributed by atoms with van der Waals surface area (Å²) in [5, 5.41) is 21.3. The van der Waals surface area contributed by atoms with Crippen molar-refractivity contribution in [3.05, 3.63) is 0 Å². The molecule has 5 N–H and O–H groups in total. The monoisotopic (exact) mass is 239 g/mol. The molecule has 2 aliphatic heterocycles. The van der Waals surface area contributed by atoms with E-state index in [9.17, 15) is 15.0 Å². The number of nitrogens with two attached hydrogens (primary N) is 1. The van der Waals surface area contributed by atoms with Gasteiger partial charge in [-0.25, -0.2) is 9.98 Å². The Kier molecular flexibility index (Phi) is 3.01. The summed E-state index contributed by atoms with van der Waals surface area (Å²) < 4.78 is 0. The largest absolute Gasteiger partial charge is 0.391 e. The van der Waals surface area contributed by atoms with Crippen LogP contribution in [0.2, 0.25) is 0 Å². The summed E-state index contributed by atoms with van der Waals surface area (Å²) >= 11 is 0. The number of rotatable bonds is 2. The average Bonchev–Trinajstić information content (AvgIpc) is 2.27. The molecule has 0 bridgehead atoms. The smallest absolute Gasteiger partial charge is 0.276 e. The van der Waals surface area contributed by atoms with Gasteiger partial charge in [0.15, 0.2) is 17.8 Å². The van der Waals surface area contributed by atoms with Crippen molar-refractivity contribution in [3.63, 3.8) is 0 Å². The van der Waals surface area contributed by atoms with E-state index in [4.69, 9.17) is 5.73 Å². The highest BCUT2D eigenvalue weighted by Gasteiger charge is 2.32. The standard InChI is InChI=1S/C9H13N5O3/c1-3(15)6(16)4-2-11-7-5(12-4)8(17)14-9(10)13-7/h2-4,6,9,15-16H,10H2,1H3,(H,14,17)/t3-,4-,6-,9?/m1/s1. The minimum atomic E-state index is -1.11. The van der Waals surface area contributed by atoms with Crippen LogP contribution in [-0.4, -0.2) is 58.4 Å². The van der Waals surface area contributed by atoms with Crippen molar-refractivity contribution in [1.82, 2.24) is 5.32 Å². The third kappa shape index (κ3) is 2.23. The van der Waals surface area contributed by atoms with Gasteiger partial charge in [0.05, 0.1) is 6.10 Å². The van der Waals surface area contributed by atoms with Crippen LogP contribution in [0.1, 0.15) is 6.92 Å². The lowest BCUT2D eigenvalue weighted by molar-refractivity contribution is -0.115. The molecule has 17 heavy (non-hydrogen) atoms. The number of nitrogens with zero attached hydrogens (tertiary/aromatic N) is 3. The number of carbonyl (C=O) groups excluding carboxylic acids is 1. The number of aliphatic hydroxyl groups is 2. The van der Waals surface area contributed by atoms with Crippen molar-refractivity contribution < 1.29 is 15.0 Å². The molecule has 0 radical (unpaired) electrons. The minimum absolute atomic E-state index is 0.0268. The molecule has 0 saturated carbocycles. The van der Waals surface area contributed by atoms with Gasteiger partial charge in [-0.15, -0.1) is 0 Å². The number of hydrogen-bond acceptors (Lipinski definition) is 7. The van der Waals surface area contributed by atoms with Gasteiger partial charge in [0.1, 0.15) is 12.1 Å². The predicted octanol–water partition coefficient (Wildman–Crippen LogP) is -2.61. The van der Waals surface area contributed by atoms with E-state index in [2.05, 4.69) is 20.3 Å². The number of amidine groups is 1. The Balaban J connectivity index is 2.28. The van der Waals surface area contributed by atoms with Crippen LogP contribution < -0.4 is 11.1 Å². The van der Waals surface area contributed by atoms with Gasteiger partial charge in [0.2, 0.25) is 0 Å². The fraction of sp³-hybridized carbons (Fsp3) is 0.556. The summed E-state index contributed by atoms with van der Waals surface area (Å²) in [5.41, 5.74) is 5.46. The third-order valence-electron chi connectivity index (χ3n) is 2.44. The SMILES string of the molecule is C[C@@H](O)[C@@H](O)[C@H]1C=NC2=NC(N)NC(=O)C2=N1. The van der Waals surface area contributed by atoms with Gasteiger partial charge < -0.3 is 15.5 Å². The van der Waals surface area contributed by atoms with Crippen molar-refractivity contribution in [1.29, 1.82) is 0 Å². The molecule has 0 saturated heterocycles. The summed E-state index contributed by atoms with van der Waals surface area (Å²) in [7, 11) is 0. The van der Waals surface area contributed by atoms with Gasteiger partial charge in [-0.1, -0.05) is 0 Å². The van der Waals surface area contributed by atoms with E-state index in [1.165, 1.54) is 13.1 Å². The second kappa shape index (κ2) is 4.32. The molecular formula is C9H13N5O3. The quantitative estimate of drug-likeness (QED) is 0.420. The molecule has 0 aromatic heterocycles.